The van der Waals surface area contributed by atoms with Gasteiger partial charge in [-0.25, -0.2) is 0 Å². The zero-order chi connectivity index (χ0) is 14.4. The third kappa shape index (κ3) is 6.00. The molecule has 1 atom stereocenters. The quantitative estimate of drug-likeness (QED) is 0.781. The first-order chi connectivity index (χ1) is 8.90. The van der Waals surface area contributed by atoms with Crippen molar-refractivity contribution in [1.82, 2.24) is 0 Å². The average molecular weight is 306 g/mol. The molecule has 0 fully saturated rings. The van der Waals surface area contributed by atoms with Crippen molar-refractivity contribution >= 4 is 23.2 Å². The Labute approximate surface area is 125 Å². The number of rotatable bonds is 7. The number of ether oxygens (including phenoxy) is 2. The van der Waals surface area contributed by atoms with Gasteiger partial charge in [-0.05, 0) is 44.9 Å². The first-order valence-electron chi connectivity index (χ1n) is 6.38. The molecule has 0 bridgehead atoms. The van der Waals surface area contributed by atoms with Crippen LogP contribution in [0, 0.1) is 0 Å². The molecule has 1 aromatic rings. The van der Waals surface area contributed by atoms with E-state index in [1.807, 2.05) is 26.8 Å². The van der Waals surface area contributed by atoms with Crippen molar-refractivity contribution < 1.29 is 9.47 Å². The van der Waals surface area contributed by atoms with Gasteiger partial charge in [-0.3, -0.25) is 0 Å². The highest BCUT2D eigenvalue weighted by atomic mass is 35.5. The van der Waals surface area contributed by atoms with Gasteiger partial charge in [0.25, 0.3) is 0 Å². The molecule has 0 heterocycles. The van der Waals surface area contributed by atoms with E-state index in [1.165, 1.54) is 0 Å². The van der Waals surface area contributed by atoms with E-state index in [2.05, 4.69) is 0 Å². The first kappa shape index (κ1) is 16.6. The maximum Gasteiger partial charge on any atom is 0.141 e. The van der Waals surface area contributed by atoms with Crippen molar-refractivity contribution in [3.63, 3.8) is 0 Å². The van der Waals surface area contributed by atoms with Gasteiger partial charge in [0.2, 0.25) is 0 Å². The van der Waals surface area contributed by atoms with Gasteiger partial charge >= 0.3 is 0 Å². The van der Waals surface area contributed by atoms with Gasteiger partial charge in [0.05, 0.1) is 17.7 Å². The molecule has 1 unspecified atom stereocenters. The summed E-state index contributed by atoms with van der Waals surface area (Å²) < 4.78 is 11.1. The molecule has 0 aliphatic carbocycles. The summed E-state index contributed by atoms with van der Waals surface area (Å²) in [5.41, 5.74) is 6.75. The van der Waals surface area contributed by atoms with Gasteiger partial charge in [-0.1, -0.05) is 23.2 Å². The summed E-state index contributed by atoms with van der Waals surface area (Å²) in [5, 5.41) is 1.10. The second-order valence-electron chi connectivity index (χ2n) is 4.83. The van der Waals surface area contributed by atoms with Gasteiger partial charge in [-0.15, -0.1) is 0 Å². The fraction of sp³-hybridized carbons (Fsp3) is 0.571. The topological polar surface area (TPSA) is 44.5 Å². The van der Waals surface area contributed by atoms with E-state index in [-0.39, 0.29) is 12.1 Å². The lowest BCUT2D eigenvalue weighted by Gasteiger charge is -2.16. The maximum absolute atomic E-state index is 6.17. The monoisotopic (exact) mass is 305 g/mol. The number of halogens is 2. The van der Waals surface area contributed by atoms with E-state index in [0.29, 0.717) is 35.4 Å². The Morgan fingerprint density at radius 1 is 1.16 bits per heavy atom. The normalized spacial score (nSPS) is 12.8. The van der Waals surface area contributed by atoms with Crippen LogP contribution >= 0.6 is 23.2 Å². The largest absolute Gasteiger partial charge is 0.489 e. The predicted octanol–water partition coefficient (Wildman–Crippen LogP) is 3.69. The molecule has 0 saturated carbocycles. The molecule has 19 heavy (non-hydrogen) atoms. The van der Waals surface area contributed by atoms with Crippen LogP contribution in [0.3, 0.4) is 0 Å². The molecule has 0 amide bonds. The van der Waals surface area contributed by atoms with Crippen molar-refractivity contribution in [1.29, 1.82) is 0 Å². The van der Waals surface area contributed by atoms with Crippen LogP contribution in [0.4, 0.5) is 0 Å². The number of nitrogens with two attached hydrogens (primary N) is 1. The second-order valence-corrected chi connectivity index (χ2v) is 5.67. The smallest absolute Gasteiger partial charge is 0.141 e. The van der Waals surface area contributed by atoms with Crippen molar-refractivity contribution in [2.75, 3.05) is 13.2 Å². The third-order valence-corrected chi connectivity index (χ3v) is 2.91. The Hall–Kier alpha value is -0.480. The van der Waals surface area contributed by atoms with Crippen LogP contribution in [-0.2, 0) is 11.2 Å². The Kier molecular flexibility index (Phi) is 6.94. The third-order valence-electron chi connectivity index (χ3n) is 2.41. The molecular formula is C14H21Cl2NO2. The van der Waals surface area contributed by atoms with Crippen molar-refractivity contribution in [3.8, 4) is 5.75 Å². The van der Waals surface area contributed by atoms with E-state index in [1.54, 1.807) is 6.07 Å². The molecule has 0 saturated heterocycles. The summed E-state index contributed by atoms with van der Waals surface area (Å²) in [6.45, 7) is 6.87. The highest BCUT2D eigenvalue weighted by Crippen LogP contribution is 2.33. The SMILES string of the molecule is CC(N)Cc1cc(Cl)cc(Cl)c1OCCOC(C)C. The second kappa shape index (κ2) is 7.95. The molecule has 2 N–H and O–H groups in total. The zero-order valence-electron chi connectivity index (χ0n) is 11.6. The van der Waals surface area contributed by atoms with E-state index >= 15 is 0 Å². The number of hydrogen-bond acceptors (Lipinski definition) is 3. The maximum atomic E-state index is 6.17. The summed E-state index contributed by atoms with van der Waals surface area (Å²) in [5.74, 6) is 0.649. The molecule has 0 aromatic heterocycles. The van der Waals surface area contributed by atoms with Gasteiger partial charge in [-0.2, -0.15) is 0 Å². The van der Waals surface area contributed by atoms with Crippen LogP contribution in [0.2, 0.25) is 10.0 Å². The van der Waals surface area contributed by atoms with Gasteiger partial charge in [0, 0.05) is 11.1 Å². The van der Waals surface area contributed by atoms with Crippen LogP contribution in [0.1, 0.15) is 26.3 Å². The van der Waals surface area contributed by atoms with Crippen LogP contribution in [0.5, 0.6) is 5.75 Å². The number of hydrogen-bond donors (Lipinski definition) is 1. The molecule has 1 aromatic carbocycles. The Balaban J connectivity index is 2.74. The predicted molar refractivity (Wildman–Crippen MR) is 80.4 cm³/mol. The van der Waals surface area contributed by atoms with Gasteiger partial charge < -0.3 is 15.2 Å². The van der Waals surface area contributed by atoms with Crippen LogP contribution in [0.25, 0.3) is 0 Å². The Bertz CT molecular complexity index is 409. The van der Waals surface area contributed by atoms with Crippen molar-refractivity contribution in [2.45, 2.75) is 39.3 Å². The summed E-state index contributed by atoms with van der Waals surface area (Å²) in [6, 6.07) is 3.53. The molecule has 0 spiro atoms. The van der Waals surface area contributed by atoms with Crippen LogP contribution in [-0.4, -0.2) is 25.4 Å². The first-order valence-corrected chi connectivity index (χ1v) is 7.13. The molecule has 0 radical (unpaired) electrons. The molecule has 108 valence electrons. The van der Waals surface area contributed by atoms with Crippen molar-refractivity contribution in [3.05, 3.63) is 27.7 Å². The van der Waals surface area contributed by atoms with Crippen molar-refractivity contribution in [2.24, 2.45) is 5.73 Å². The molecule has 3 nitrogen and oxygen atoms in total. The molecule has 1 rings (SSSR count). The van der Waals surface area contributed by atoms with Gasteiger partial charge in [0.15, 0.2) is 0 Å². The van der Waals surface area contributed by atoms with Gasteiger partial charge in [0.1, 0.15) is 12.4 Å². The van der Waals surface area contributed by atoms with Crippen LogP contribution in [0.15, 0.2) is 12.1 Å². The van der Waals surface area contributed by atoms with E-state index in [0.717, 1.165) is 5.56 Å². The minimum Gasteiger partial charge on any atom is -0.489 e. The number of benzene rings is 1. The van der Waals surface area contributed by atoms with E-state index in [4.69, 9.17) is 38.4 Å². The summed E-state index contributed by atoms with van der Waals surface area (Å²) in [4.78, 5) is 0. The lowest BCUT2D eigenvalue weighted by Crippen LogP contribution is -2.19. The molecular weight excluding hydrogens is 285 g/mol. The minimum absolute atomic E-state index is 0.0174. The van der Waals surface area contributed by atoms with Crippen LogP contribution < -0.4 is 10.5 Å². The fourth-order valence-corrected chi connectivity index (χ4v) is 2.29. The summed E-state index contributed by atoms with van der Waals surface area (Å²) in [6.07, 6.45) is 0.855. The fourth-order valence-electron chi connectivity index (χ4n) is 1.70. The molecule has 5 heteroatoms. The lowest BCUT2D eigenvalue weighted by molar-refractivity contribution is 0.0551. The Morgan fingerprint density at radius 2 is 1.84 bits per heavy atom. The highest BCUT2D eigenvalue weighted by Gasteiger charge is 2.12. The summed E-state index contributed by atoms with van der Waals surface area (Å²) in [7, 11) is 0. The summed E-state index contributed by atoms with van der Waals surface area (Å²) >= 11 is 12.2. The zero-order valence-corrected chi connectivity index (χ0v) is 13.1. The minimum atomic E-state index is 0.0174. The average Bonchev–Trinajstić information content (AvgIpc) is 2.25. The Morgan fingerprint density at radius 3 is 2.42 bits per heavy atom. The molecule has 0 aliphatic heterocycles. The molecule has 0 aliphatic rings. The van der Waals surface area contributed by atoms with E-state index < -0.39 is 0 Å². The van der Waals surface area contributed by atoms with E-state index in [9.17, 15) is 0 Å². The highest BCUT2D eigenvalue weighted by molar-refractivity contribution is 6.35. The lowest BCUT2D eigenvalue weighted by atomic mass is 10.1. The standard InChI is InChI=1S/C14H21Cl2NO2/c1-9(2)18-4-5-19-14-11(6-10(3)17)7-12(15)8-13(14)16/h7-10H,4-6,17H2,1-3H3.